The van der Waals surface area contributed by atoms with Crippen LogP contribution >= 0.6 is 31.9 Å². The maximum atomic E-state index is 10.8. The van der Waals surface area contributed by atoms with Crippen molar-refractivity contribution in [3.05, 3.63) is 90.9 Å². The van der Waals surface area contributed by atoms with Crippen LogP contribution in [0.25, 0.3) is 0 Å². The fraction of sp³-hybridized carbons (Fsp3) is 0.100. The van der Waals surface area contributed by atoms with Gasteiger partial charge in [0, 0.05) is 23.0 Å². The van der Waals surface area contributed by atoms with E-state index in [-0.39, 0.29) is 23.3 Å². The predicted octanol–water partition coefficient (Wildman–Crippen LogP) is 5.61. The molecule has 2 bridgehead atoms. The summed E-state index contributed by atoms with van der Waals surface area (Å²) in [6.07, 6.45) is 0. The molecular weight excluding hydrogens is 432 g/mol. The first-order chi connectivity index (χ1) is 11.6. The molecule has 0 saturated carbocycles. The summed E-state index contributed by atoms with van der Waals surface area (Å²) >= 11 is 6.81. The molecule has 0 aromatic heterocycles. The average molecular weight is 444 g/mol. The zero-order chi connectivity index (χ0) is 16.6. The van der Waals surface area contributed by atoms with Crippen LogP contribution in [0.15, 0.2) is 57.5 Å². The summed E-state index contributed by atoms with van der Waals surface area (Å²) in [4.78, 5) is 0. The number of halogens is 2. The molecule has 2 N–H and O–H groups in total. The van der Waals surface area contributed by atoms with Crippen molar-refractivity contribution in [1.29, 1.82) is 0 Å². The van der Waals surface area contributed by atoms with Gasteiger partial charge in [0.1, 0.15) is 11.5 Å². The second kappa shape index (κ2) is 4.87. The van der Waals surface area contributed by atoms with Gasteiger partial charge in [-0.2, -0.15) is 0 Å². The number of rotatable bonds is 0. The molecule has 0 radical (unpaired) electrons. The second-order valence-electron chi connectivity index (χ2n) is 6.28. The topological polar surface area (TPSA) is 40.5 Å². The Morgan fingerprint density at radius 2 is 0.875 bits per heavy atom. The molecule has 3 aromatic carbocycles. The molecule has 0 unspecified atom stereocenters. The van der Waals surface area contributed by atoms with Gasteiger partial charge in [0.25, 0.3) is 0 Å². The fourth-order valence-electron chi connectivity index (χ4n) is 4.31. The van der Waals surface area contributed by atoms with Crippen molar-refractivity contribution in [1.82, 2.24) is 0 Å². The van der Waals surface area contributed by atoms with E-state index in [1.54, 1.807) is 0 Å². The van der Waals surface area contributed by atoms with E-state index < -0.39 is 0 Å². The SMILES string of the molecule is Oc1c(Br)c(Br)c(O)c2c1C1c3ccccc3C2c2ccccc21. The van der Waals surface area contributed by atoms with Gasteiger partial charge >= 0.3 is 0 Å². The molecule has 2 nitrogen and oxygen atoms in total. The fourth-order valence-corrected chi connectivity index (χ4v) is 5.12. The third kappa shape index (κ3) is 1.60. The minimum absolute atomic E-state index is 0.0623. The van der Waals surface area contributed by atoms with Crippen molar-refractivity contribution in [2.45, 2.75) is 11.8 Å². The first kappa shape index (κ1) is 14.6. The molecule has 0 heterocycles. The van der Waals surface area contributed by atoms with Crippen molar-refractivity contribution < 1.29 is 10.2 Å². The van der Waals surface area contributed by atoms with Crippen molar-refractivity contribution in [2.24, 2.45) is 0 Å². The van der Waals surface area contributed by atoms with E-state index in [0.29, 0.717) is 8.95 Å². The number of phenols is 2. The average Bonchev–Trinajstić information content (AvgIpc) is 2.64. The third-order valence-electron chi connectivity index (χ3n) is 5.22. The Balaban J connectivity index is 1.98. The molecule has 6 rings (SSSR count). The van der Waals surface area contributed by atoms with Crippen molar-refractivity contribution in [3.8, 4) is 11.5 Å². The summed E-state index contributed by atoms with van der Waals surface area (Å²) < 4.78 is 1.00. The van der Waals surface area contributed by atoms with E-state index in [0.717, 1.165) is 11.1 Å². The Bertz CT molecular complexity index is 898. The molecule has 0 spiro atoms. The quantitative estimate of drug-likeness (QED) is 0.305. The van der Waals surface area contributed by atoms with Gasteiger partial charge in [0.2, 0.25) is 0 Å². The highest BCUT2D eigenvalue weighted by Gasteiger charge is 2.45. The lowest BCUT2D eigenvalue weighted by atomic mass is 9.60. The Labute approximate surface area is 156 Å². The molecule has 3 aromatic rings. The van der Waals surface area contributed by atoms with Crippen LogP contribution in [0.1, 0.15) is 45.2 Å². The molecule has 0 amide bonds. The number of hydrogen-bond acceptors (Lipinski definition) is 2. The summed E-state index contributed by atoms with van der Waals surface area (Å²) in [5, 5.41) is 21.7. The Morgan fingerprint density at radius 1 is 0.583 bits per heavy atom. The second-order valence-corrected chi connectivity index (χ2v) is 7.86. The molecule has 0 atom stereocenters. The largest absolute Gasteiger partial charge is 0.506 e. The summed E-state index contributed by atoms with van der Waals surface area (Å²) in [7, 11) is 0. The van der Waals surface area contributed by atoms with Crippen molar-refractivity contribution in [2.75, 3.05) is 0 Å². The van der Waals surface area contributed by atoms with Gasteiger partial charge in [-0.3, -0.25) is 0 Å². The highest BCUT2D eigenvalue weighted by atomic mass is 79.9. The van der Waals surface area contributed by atoms with Crippen molar-refractivity contribution in [3.63, 3.8) is 0 Å². The predicted molar refractivity (Wildman–Crippen MR) is 99.9 cm³/mol. The molecule has 0 saturated heterocycles. The molecule has 0 aliphatic heterocycles. The first-order valence-electron chi connectivity index (χ1n) is 7.71. The monoisotopic (exact) mass is 442 g/mol. The van der Waals surface area contributed by atoms with Gasteiger partial charge in [-0.05, 0) is 54.1 Å². The summed E-state index contributed by atoms with van der Waals surface area (Å²) in [5.74, 6) is 0.280. The van der Waals surface area contributed by atoms with Gasteiger partial charge in [-0.1, -0.05) is 48.5 Å². The Morgan fingerprint density at radius 3 is 1.17 bits per heavy atom. The van der Waals surface area contributed by atoms with E-state index in [2.05, 4.69) is 56.1 Å². The van der Waals surface area contributed by atoms with Crippen LogP contribution in [-0.2, 0) is 0 Å². The smallest absolute Gasteiger partial charge is 0.135 e. The lowest BCUT2D eigenvalue weighted by Gasteiger charge is -2.42. The lowest BCUT2D eigenvalue weighted by Crippen LogP contribution is -2.27. The Kier molecular flexibility index (Phi) is 2.95. The van der Waals surface area contributed by atoms with Crippen LogP contribution in [0.2, 0.25) is 0 Å². The van der Waals surface area contributed by atoms with Crippen LogP contribution in [0.3, 0.4) is 0 Å². The normalized spacial score (nSPS) is 19.6. The van der Waals surface area contributed by atoms with Crippen LogP contribution in [0.4, 0.5) is 0 Å². The highest BCUT2D eigenvalue weighted by Crippen LogP contribution is 2.62. The highest BCUT2D eigenvalue weighted by molar-refractivity contribution is 9.13. The van der Waals surface area contributed by atoms with E-state index in [4.69, 9.17) is 0 Å². The van der Waals surface area contributed by atoms with E-state index in [1.165, 1.54) is 22.3 Å². The van der Waals surface area contributed by atoms with Gasteiger partial charge in [-0.25, -0.2) is 0 Å². The standard InChI is InChI=1S/C20H12Br2O2/c21-17-18(22)20(24)16-14-10-6-2-1-5-9(10)13(15(16)19(17)23)11-7-3-4-8-12(11)14/h1-8,13-14,23-24H. The summed E-state index contributed by atoms with van der Waals surface area (Å²) in [6.45, 7) is 0. The zero-order valence-corrected chi connectivity index (χ0v) is 15.6. The minimum atomic E-state index is -0.0623. The third-order valence-corrected chi connectivity index (χ3v) is 7.30. The van der Waals surface area contributed by atoms with E-state index in [9.17, 15) is 10.2 Å². The molecule has 24 heavy (non-hydrogen) atoms. The lowest BCUT2D eigenvalue weighted by molar-refractivity contribution is 0.435. The molecular formula is C20H12Br2O2. The Hall–Kier alpha value is -1.78. The van der Waals surface area contributed by atoms with Crippen molar-refractivity contribution >= 4 is 31.9 Å². The van der Waals surface area contributed by atoms with Crippen LogP contribution in [0, 0.1) is 0 Å². The van der Waals surface area contributed by atoms with Crippen LogP contribution in [-0.4, -0.2) is 10.2 Å². The van der Waals surface area contributed by atoms with Gasteiger partial charge < -0.3 is 10.2 Å². The van der Waals surface area contributed by atoms with E-state index >= 15 is 0 Å². The van der Waals surface area contributed by atoms with Crippen LogP contribution < -0.4 is 0 Å². The number of aromatic hydroxyl groups is 2. The van der Waals surface area contributed by atoms with Crippen LogP contribution in [0.5, 0.6) is 11.5 Å². The number of hydrogen-bond donors (Lipinski definition) is 2. The summed E-state index contributed by atoms with van der Waals surface area (Å²) in [6, 6.07) is 16.6. The van der Waals surface area contributed by atoms with E-state index in [1.807, 2.05) is 24.3 Å². The van der Waals surface area contributed by atoms with Gasteiger partial charge in [0.05, 0.1) is 8.95 Å². The summed E-state index contributed by atoms with van der Waals surface area (Å²) in [5.41, 5.74) is 6.44. The number of phenolic OH excluding ortho intramolecular Hbond substituents is 2. The maximum Gasteiger partial charge on any atom is 0.135 e. The molecule has 3 aliphatic carbocycles. The number of benzene rings is 3. The molecule has 118 valence electrons. The maximum absolute atomic E-state index is 10.8. The molecule has 3 aliphatic rings. The first-order valence-corrected chi connectivity index (χ1v) is 9.30. The minimum Gasteiger partial charge on any atom is -0.506 e. The van der Waals surface area contributed by atoms with Gasteiger partial charge in [0.15, 0.2) is 0 Å². The molecule has 4 heteroatoms. The van der Waals surface area contributed by atoms with Gasteiger partial charge in [-0.15, -0.1) is 0 Å². The molecule has 0 fully saturated rings. The zero-order valence-electron chi connectivity index (χ0n) is 12.4.